The third-order valence-electron chi connectivity index (χ3n) is 10.1. The highest BCUT2D eigenvalue weighted by atomic mass is 15.0. The lowest BCUT2D eigenvalue weighted by Crippen LogP contribution is -1.95. The minimum atomic E-state index is 1.15. The zero-order valence-corrected chi connectivity index (χ0v) is 27.4. The smallest absolute Gasteiger partial charge is 0.0548 e. The van der Waals surface area contributed by atoms with E-state index < -0.39 is 0 Å². The van der Waals surface area contributed by atoms with Gasteiger partial charge >= 0.3 is 0 Å². The van der Waals surface area contributed by atoms with Gasteiger partial charge in [0, 0.05) is 32.9 Å². The summed E-state index contributed by atoms with van der Waals surface area (Å²) in [6.07, 6.45) is 0. The van der Waals surface area contributed by atoms with Gasteiger partial charge in [0.15, 0.2) is 0 Å². The summed E-state index contributed by atoms with van der Waals surface area (Å²) in [7, 11) is 0. The summed E-state index contributed by atoms with van der Waals surface area (Å²) in [4.78, 5) is 0. The number of aromatic nitrogens is 2. The highest BCUT2D eigenvalue weighted by Crippen LogP contribution is 2.43. The van der Waals surface area contributed by atoms with Crippen LogP contribution in [0.25, 0.3) is 88.4 Å². The van der Waals surface area contributed by atoms with Crippen LogP contribution < -0.4 is 0 Å². The topological polar surface area (TPSA) is 9.86 Å². The van der Waals surface area contributed by atoms with E-state index >= 15 is 0 Å². The van der Waals surface area contributed by atoms with Gasteiger partial charge in [-0.05, 0) is 88.0 Å². The Labute approximate surface area is 290 Å². The predicted molar refractivity (Wildman–Crippen MR) is 211 cm³/mol. The predicted octanol–water partition coefficient (Wildman–Crippen LogP) is 12.9. The fourth-order valence-corrected chi connectivity index (χ4v) is 7.80. The van der Waals surface area contributed by atoms with E-state index in [1.807, 2.05) is 0 Å². The van der Waals surface area contributed by atoms with Gasteiger partial charge in [-0.15, -0.1) is 0 Å². The molecule has 234 valence electrons. The fourth-order valence-electron chi connectivity index (χ4n) is 7.80. The molecule has 0 aliphatic heterocycles. The van der Waals surface area contributed by atoms with Crippen molar-refractivity contribution in [3.63, 3.8) is 0 Å². The summed E-state index contributed by atoms with van der Waals surface area (Å²) in [6.45, 7) is 0. The van der Waals surface area contributed by atoms with E-state index in [-0.39, 0.29) is 0 Å². The molecule has 0 N–H and O–H groups in total. The highest BCUT2D eigenvalue weighted by Gasteiger charge is 2.21. The zero-order valence-electron chi connectivity index (χ0n) is 27.4. The van der Waals surface area contributed by atoms with E-state index in [0.29, 0.717) is 0 Å². The average Bonchev–Trinajstić information content (AvgIpc) is 3.71. The van der Waals surface area contributed by atoms with Crippen molar-refractivity contribution in [3.8, 4) is 44.8 Å². The van der Waals surface area contributed by atoms with Gasteiger partial charge in [-0.3, -0.25) is 0 Å². The number of fused-ring (bicyclic) bond motifs is 7. The second kappa shape index (κ2) is 11.5. The van der Waals surface area contributed by atoms with Gasteiger partial charge in [-0.25, -0.2) is 0 Å². The maximum atomic E-state index is 2.44. The molecule has 0 saturated carbocycles. The first-order valence-corrected chi connectivity index (χ1v) is 17.2. The van der Waals surface area contributed by atoms with E-state index in [0.717, 1.165) is 5.69 Å². The number of nitrogens with zero attached hydrogens (tertiary/aromatic N) is 2. The van der Waals surface area contributed by atoms with Crippen molar-refractivity contribution < 1.29 is 0 Å². The molecule has 0 saturated heterocycles. The maximum Gasteiger partial charge on any atom is 0.0548 e. The van der Waals surface area contributed by atoms with Gasteiger partial charge in [0.05, 0.1) is 22.1 Å². The largest absolute Gasteiger partial charge is 0.309 e. The first kappa shape index (κ1) is 28.4. The van der Waals surface area contributed by atoms with Crippen LogP contribution in [-0.4, -0.2) is 9.13 Å². The average molecular weight is 637 g/mol. The van der Waals surface area contributed by atoms with Crippen LogP contribution in [0.3, 0.4) is 0 Å². The van der Waals surface area contributed by atoms with Crippen LogP contribution >= 0.6 is 0 Å². The number of rotatable bonds is 5. The maximum absolute atomic E-state index is 2.44. The molecular weight excluding hydrogens is 605 g/mol. The molecule has 0 radical (unpaired) electrons. The number of hydrogen-bond acceptors (Lipinski definition) is 0. The van der Waals surface area contributed by atoms with Crippen molar-refractivity contribution in [3.05, 3.63) is 194 Å². The van der Waals surface area contributed by atoms with Crippen molar-refractivity contribution in [1.82, 2.24) is 9.13 Å². The van der Waals surface area contributed by atoms with Gasteiger partial charge in [0.1, 0.15) is 0 Å². The van der Waals surface area contributed by atoms with Gasteiger partial charge in [-0.1, -0.05) is 140 Å². The molecule has 8 aromatic carbocycles. The Morgan fingerprint density at radius 2 is 0.620 bits per heavy atom. The molecule has 0 bridgehead atoms. The summed E-state index contributed by atoms with van der Waals surface area (Å²) in [5.74, 6) is 0. The molecule has 50 heavy (non-hydrogen) atoms. The SMILES string of the molecule is c1ccc(-c2ccc(-c3ccc(-n4c5ccc(-c6ccccc6)cc5c5c6c7ccccc7n(-c7ccccc7)c6ccc54)cc3)cc2)cc1. The van der Waals surface area contributed by atoms with E-state index in [9.17, 15) is 0 Å². The van der Waals surface area contributed by atoms with E-state index in [1.165, 1.54) is 82.7 Å². The van der Waals surface area contributed by atoms with Crippen LogP contribution in [-0.2, 0) is 0 Å². The summed E-state index contributed by atoms with van der Waals surface area (Å²) in [6, 6.07) is 70.3. The Hall–Kier alpha value is -6.64. The van der Waals surface area contributed by atoms with Crippen molar-refractivity contribution in [2.45, 2.75) is 0 Å². The number of hydrogen-bond donors (Lipinski definition) is 0. The fraction of sp³-hybridized carbons (Fsp3) is 0. The Kier molecular flexibility index (Phi) is 6.53. The second-order valence-electron chi connectivity index (χ2n) is 13.0. The molecule has 0 aliphatic rings. The van der Waals surface area contributed by atoms with E-state index in [4.69, 9.17) is 0 Å². The van der Waals surface area contributed by atoms with Crippen LogP contribution in [0.4, 0.5) is 0 Å². The first-order valence-electron chi connectivity index (χ1n) is 17.2. The molecule has 0 atom stereocenters. The normalized spacial score (nSPS) is 11.6. The van der Waals surface area contributed by atoms with Gasteiger partial charge < -0.3 is 9.13 Å². The molecule has 2 nitrogen and oxygen atoms in total. The van der Waals surface area contributed by atoms with Gasteiger partial charge in [0.2, 0.25) is 0 Å². The Morgan fingerprint density at radius 3 is 1.22 bits per heavy atom. The molecule has 0 aliphatic carbocycles. The van der Waals surface area contributed by atoms with Gasteiger partial charge in [-0.2, -0.15) is 0 Å². The molecule has 0 unspecified atom stereocenters. The quantitative estimate of drug-likeness (QED) is 0.178. The van der Waals surface area contributed by atoms with E-state index in [1.54, 1.807) is 0 Å². The zero-order chi connectivity index (χ0) is 33.0. The van der Waals surface area contributed by atoms with Crippen LogP contribution in [0.2, 0.25) is 0 Å². The monoisotopic (exact) mass is 636 g/mol. The lowest BCUT2D eigenvalue weighted by atomic mass is 10.0. The minimum absolute atomic E-state index is 1.15. The Balaban J connectivity index is 1.20. The summed E-state index contributed by atoms with van der Waals surface area (Å²) in [5.41, 5.74) is 14.4. The lowest BCUT2D eigenvalue weighted by molar-refractivity contribution is 1.17. The molecule has 2 heteroatoms. The molecule has 2 aromatic heterocycles. The van der Waals surface area contributed by atoms with Crippen LogP contribution in [0.1, 0.15) is 0 Å². The van der Waals surface area contributed by atoms with Crippen LogP contribution in [0, 0.1) is 0 Å². The van der Waals surface area contributed by atoms with E-state index in [2.05, 4.69) is 203 Å². The number of benzene rings is 8. The molecule has 0 spiro atoms. The third-order valence-corrected chi connectivity index (χ3v) is 10.1. The van der Waals surface area contributed by atoms with Crippen LogP contribution in [0.15, 0.2) is 194 Å². The molecular formula is C48H32N2. The standard InChI is InChI=1S/C48H32N2/c1-4-12-33(13-5-1)35-20-22-36(23-21-35)37-24-27-40(28-25-37)50-44-29-26-38(34-14-6-2-7-15-34)32-42(44)48-46(50)31-30-45-47(48)41-18-10-11-19-43(41)49(45)39-16-8-3-9-17-39/h1-32H. The summed E-state index contributed by atoms with van der Waals surface area (Å²) < 4.78 is 4.85. The Bertz CT molecular complexity index is 2810. The number of para-hydroxylation sites is 2. The molecule has 0 fully saturated rings. The molecule has 10 aromatic rings. The summed E-state index contributed by atoms with van der Waals surface area (Å²) >= 11 is 0. The van der Waals surface area contributed by atoms with Crippen LogP contribution in [0.5, 0.6) is 0 Å². The van der Waals surface area contributed by atoms with Gasteiger partial charge in [0.25, 0.3) is 0 Å². The van der Waals surface area contributed by atoms with Crippen molar-refractivity contribution >= 4 is 43.6 Å². The summed E-state index contributed by atoms with van der Waals surface area (Å²) in [5, 5.41) is 5.08. The Morgan fingerprint density at radius 1 is 0.240 bits per heavy atom. The van der Waals surface area contributed by atoms with Crippen molar-refractivity contribution in [2.24, 2.45) is 0 Å². The first-order chi connectivity index (χ1) is 24.8. The lowest BCUT2D eigenvalue weighted by Gasteiger charge is -2.11. The molecule has 0 amide bonds. The van der Waals surface area contributed by atoms with Crippen molar-refractivity contribution in [1.29, 1.82) is 0 Å². The highest BCUT2D eigenvalue weighted by molar-refractivity contribution is 6.29. The molecule has 2 heterocycles. The van der Waals surface area contributed by atoms with Crippen molar-refractivity contribution in [2.75, 3.05) is 0 Å². The molecule has 10 rings (SSSR count). The third kappa shape index (κ3) is 4.50. The minimum Gasteiger partial charge on any atom is -0.309 e. The second-order valence-corrected chi connectivity index (χ2v) is 13.0.